The molecule has 5 heteroatoms. The third kappa shape index (κ3) is 4.38. The van der Waals surface area contributed by atoms with Crippen molar-refractivity contribution in [3.8, 4) is 0 Å². The van der Waals surface area contributed by atoms with Crippen LogP contribution in [0, 0.1) is 11.8 Å². The van der Waals surface area contributed by atoms with E-state index in [2.05, 4.69) is 15.6 Å². The maximum Gasteiger partial charge on any atom is 0.225 e. The van der Waals surface area contributed by atoms with Gasteiger partial charge in [0.25, 0.3) is 0 Å². The van der Waals surface area contributed by atoms with Gasteiger partial charge in [0.2, 0.25) is 5.91 Å². The molecule has 1 aliphatic rings. The first-order chi connectivity index (χ1) is 11.5. The van der Waals surface area contributed by atoms with E-state index in [1.165, 1.54) is 12.8 Å². The van der Waals surface area contributed by atoms with E-state index in [1.54, 1.807) is 6.20 Å². The summed E-state index contributed by atoms with van der Waals surface area (Å²) in [6.45, 7) is 6.05. The molecule has 1 aliphatic carbocycles. The molecular formula is C19H24ClN3O. The van der Waals surface area contributed by atoms with Crippen molar-refractivity contribution in [3.05, 3.63) is 53.1 Å². The van der Waals surface area contributed by atoms with Crippen LogP contribution in [-0.2, 0) is 17.9 Å². The molecule has 2 aromatic rings. The fourth-order valence-electron chi connectivity index (χ4n) is 2.85. The highest BCUT2D eigenvalue weighted by molar-refractivity contribution is 6.30. The van der Waals surface area contributed by atoms with Gasteiger partial charge >= 0.3 is 0 Å². The van der Waals surface area contributed by atoms with E-state index in [0.29, 0.717) is 19.0 Å². The molecule has 1 aromatic heterocycles. The molecule has 3 rings (SSSR count). The minimum atomic E-state index is 0.0140. The van der Waals surface area contributed by atoms with Crippen molar-refractivity contribution in [1.82, 2.24) is 14.5 Å². The normalized spacial score (nSPS) is 14.2. The second-order valence-corrected chi connectivity index (χ2v) is 7.35. The molecule has 1 heterocycles. The van der Waals surface area contributed by atoms with Crippen LogP contribution in [0.15, 0.2) is 36.7 Å². The van der Waals surface area contributed by atoms with E-state index >= 15 is 0 Å². The molecule has 1 amide bonds. The first-order valence-electron chi connectivity index (χ1n) is 8.56. The molecule has 0 N–H and O–H groups in total. The summed E-state index contributed by atoms with van der Waals surface area (Å²) in [7, 11) is 0. The lowest BCUT2D eigenvalue weighted by molar-refractivity contribution is -0.135. The lowest BCUT2D eigenvalue weighted by atomic mass is 10.1. The number of imidazole rings is 1. The Morgan fingerprint density at radius 1 is 1.42 bits per heavy atom. The van der Waals surface area contributed by atoms with Crippen LogP contribution < -0.4 is 0 Å². The number of halogens is 1. The summed E-state index contributed by atoms with van der Waals surface area (Å²) in [5.74, 6) is 1.81. The fourth-order valence-corrected chi connectivity index (χ4v) is 3.06. The zero-order chi connectivity index (χ0) is 17.1. The van der Waals surface area contributed by atoms with Gasteiger partial charge in [-0.25, -0.2) is 4.98 Å². The summed E-state index contributed by atoms with van der Waals surface area (Å²) in [5, 5.41) is 0.736. The van der Waals surface area contributed by atoms with E-state index in [9.17, 15) is 4.79 Å². The highest BCUT2D eigenvalue weighted by Crippen LogP contribution is 2.30. The Labute approximate surface area is 148 Å². The van der Waals surface area contributed by atoms with Gasteiger partial charge in [0.05, 0.1) is 6.54 Å². The molecule has 4 nitrogen and oxygen atoms in total. The van der Waals surface area contributed by atoms with E-state index in [0.717, 1.165) is 23.0 Å². The van der Waals surface area contributed by atoms with Crippen molar-refractivity contribution in [2.24, 2.45) is 11.8 Å². The lowest BCUT2D eigenvalue weighted by Crippen LogP contribution is -2.36. The summed E-state index contributed by atoms with van der Waals surface area (Å²) in [6, 6.07) is 7.85. The van der Waals surface area contributed by atoms with Gasteiger partial charge in [-0.1, -0.05) is 37.6 Å². The van der Waals surface area contributed by atoms with Gasteiger partial charge in [-0.3, -0.25) is 4.79 Å². The maximum absolute atomic E-state index is 12.5. The van der Waals surface area contributed by atoms with Crippen LogP contribution in [-0.4, -0.2) is 26.9 Å². The van der Waals surface area contributed by atoms with Crippen molar-refractivity contribution < 1.29 is 4.79 Å². The number of amides is 1. The molecule has 0 spiro atoms. The van der Waals surface area contributed by atoms with Gasteiger partial charge in [-0.05, 0) is 36.5 Å². The number of carbonyl (C=O) groups is 1. The van der Waals surface area contributed by atoms with Crippen LogP contribution in [0.4, 0.5) is 0 Å². The minimum Gasteiger partial charge on any atom is -0.335 e. The quantitative estimate of drug-likeness (QED) is 0.761. The molecular weight excluding hydrogens is 322 g/mol. The van der Waals surface area contributed by atoms with Crippen molar-refractivity contribution in [2.45, 2.75) is 39.8 Å². The standard InChI is InChI=1S/C19H24ClN3O/c1-14(2)19(24)23(11-15-6-7-15)13-18-21-8-9-22(18)12-16-4-3-5-17(20)10-16/h3-5,8-10,14-15H,6-7,11-13H2,1-2H3. The molecule has 24 heavy (non-hydrogen) atoms. The highest BCUT2D eigenvalue weighted by atomic mass is 35.5. The van der Waals surface area contributed by atoms with Crippen LogP contribution in [0.3, 0.4) is 0 Å². The van der Waals surface area contributed by atoms with Crippen LogP contribution in [0.25, 0.3) is 0 Å². The SMILES string of the molecule is CC(C)C(=O)N(Cc1nccn1Cc1cccc(Cl)c1)CC1CC1. The molecule has 1 saturated carbocycles. The first kappa shape index (κ1) is 17.0. The largest absolute Gasteiger partial charge is 0.335 e. The Hall–Kier alpha value is -1.81. The topological polar surface area (TPSA) is 38.1 Å². The number of carbonyl (C=O) groups excluding carboxylic acids is 1. The number of rotatable bonds is 7. The Balaban J connectivity index is 1.74. The van der Waals surface area contributed by atoms with E-state index in [4.69, 9.17) is 11.6 Å². The summed E-state index contributed by atoms with van der Waals surface area (Å²) < 4.78 is 2.10. The molecule has 0 saturated heterocycles. The lowest BCUT2D eigenvalue weighted by Gasteiger charge is -2.24. The molecule has 0 bridgehead atoms. The zero-order valence-corrected chi connectivity index (χ0v) is 15.0. The fraction of sp³-hybridized carbons (Fsp3) is 0.474. The van der Waals surface area contributed by atoms with E-state index in [1.807, 2.05) is 43.1 Å². The number of aromatic nitrogens is 2. The van der Waals surface area contributed by atoms with E-state index in [-0.39, 0.29) is 11.8 Å². The Morgan fingerprint density at radius 2 is 2.21 bits per heavy atom. The van der Waals surface area contributed by atoms with Crippen LogP contribution >= 0.6 is 11.6 Å². The monoisotopic (exact) mass is 345 g/mol. The molecule has 1 fully saturated rings. The summed E-state index contributed by atoms with van der Waals surface area (Å²) in [5.41, 5.74) is 1.13. The van der Waals surface area contributed by atoms with E-state index < -0.39 is 0 Å². The Kier molecular flexibility index (Phi) is 5.24. The van der Waals surface area contributed by atoms with Gasteiger partial charge in [-0.2, -0.15) is 0 Å². The van der Waals surface area contributed by atoms with Crippen molar-refractivity contribution >= 4 is 17.5 Å². The maximum atomic E-state index is 12.5. The van der Waals surface area contributed by atoms with Crippen molar-refractivity contribution in [3.63, 3.8) is 0 Å². The third-order valence-corrected chi connectivity index (χ3v) is 4.59. The predicted molar refractivity (Wildman–Crippen MR) is 95.8 cm³/mol. The van der Waals surface area contributed by atoms with Gasteiger partial charge < -0.3 is 9.47 Å². The second-order valence-electron chi connectivity index (χ2n) is 6.92. The highest BCUT2D eigenvalue weighted by Gasteiger charge is 2.28. The molecule has 128 valence electrons. The Bertz CT molecular complexity index is 706. The number of hydrogen-bond donors (Lipinski definition) is 0. The van der Waals surface area contributed by atoms with Gasteiger partial charge in [0.1, 0.15) is 5.82 Å². The minimum absolute atomic E-state index is 0.0140. The number of hydrogen-bond acceptors (Lipinski definition) is 2. The smallest absolute Gasteiger partial charge is 0.225 e. The molecule has 0 unspecified atom stereocenters. The van der Waals surface area contributed by atoms with Crippen molar-refractivity contribution in [2.75, 3.05) is 6.54 Å². The van der Waals surface area contributed by atoms with Gasteiger partial charge in [-0.15, -0.1) is 0 Å². The predicted octanol–water partition coefficient (Wildman–Crippen LogP) is 3.98. The van der Waals surface area contributed by atoms with Crippen LogP contribution in [0.1, 0.15) is 38.1 Å². The second kappa shape index (κ2) is 7.39. The van der Waals surface area contributed by atoms with Crippen molar-refractivity contribution in [1.29, 1.82) is 0 Å². The first-order valence-corrected chi connectivity index (χ1v) is 8.94. The zero-order valence-electron chi connectivity index (χ0n) is 14.3. The molecule has 0 aliphatic heterocycles. The number of nitrogens with zero attached hydrogens (tertiary/aromatic N) is 3. The summed E-state index contributed by atoms with van der Waals surface area (Å²) >= 11 is 6.07. The molecule has 1 aromatic carbocycles. The average molecular weight is 346 g/mol. The van der Waals surface area contributed by atoms with Gasteiger partial charge in [0.15, 0.2) is 0 Å². The third-order valence-electron chi connectivity index (χ3n) is 4.36. The van der Waals surface area contributed by atoms with Gasteiger partial charge in [0, 0.05) is 36.4 Å². The van der Waals surface area contributed by atoms with Crippen LogP contribution in [0.5, 0.6) is 0 Å². The summed E-state index contributed by atoms with van der Waals surface area (Å²) in [6.07, 6.45) is 6.23. The number of benzene rings is 1. The Morgan fingerprint density at radius 3 is 2.88 bits per heavy atom. The van der Waals surface area contributed by atoms with Crippen LogP contribution in [0.2, 0.25) is 5.02 Å². The average Bonchev–Trinajstić information content (AvgIpc) is 3.26. The molecule has 0 radical (unpaired) electrons. The summed E-state index contributed by atoms with van der Waals surface area (Å²) in [4.78, 5) is 19.0. The molecule has 0 atom stereocenters.